The number of benzene rings is 1. The van der Waals surface area contributed by atoms with Crippen molar-refractivity contribution in [2.45, 2.75) is 26.7 Å². The van der Waals surface area contributed by atoms with Crippen LogP contribution in [-0.2, 0) is 0 Å². The van der Waals surface area contributed by atoms with Gasteiger partial charge in [0.05, 0.1) is 17.6 Å². The van der Waals surface area contributed by atoms with Gasteiger partial charge in [0.25, 0.3) is 5.69 Å². The van der Waals surface area contributed by atoms with Gasteiger partial charge in [-0.05, 0) is 38.3 Å². The van der Waals surface area contributed by atoms with Crippen molar-refractivity contribution in [1.29, 1.82) is 0 Å². The Bertz CT molecular complexity index is 407. The number of hydrogen-bond acceptors (Lipinski definition) is 3. The molecular weight excluding hydrogens is 286 g/mol. The summed E-state index contributed by atoms with van der Waals surface area (Å²) >= 11 is 3.35. The van der Waals surface area contributed by atoms with Gasteiger partial charge in [0, 0.05) is 10.9 Å². The molecule has 0 radical (unpaired) electrons. The molecule has 0 aliphatic rings. The number of alkyl halides is 1. The fourth-order valence-corrected chi connectivity index (χ4v) is 1.95. The number of nitro groups is 1. The number of unbranched alkanes of at least 4 members (excludes halogenated alkanes) is 1. The molecule has 0 aliphatic heterocycles. The smallest absolute Gasteiger partial charge is 0.276 e. The third-order valence-electron chi connectivity index (χ3n) is 2.48. The summed E-state index contributed by atoms with van der Waals surface area (Å²) in [5.41, 5.74) is 1.72. The van der Waals surface area contributed by atoms with Gasteiger partial charge >= 0.3 is 0 Å². The highest BCUT2D eigenvalue weighted by Gasteiger charge is 2.14. The van der Waals surface area contributed by atoms with Crippen LogP contribution in [0.4, 0.5) is 5.69 Å². The molecule has 0 saturated carbocycles. The van der Waals surface area contributed by atoms with Crippen LogP contribution >= 0.6 is 15.9 Å². The zero-order chi connectivity index (χ0) is 12.8. The molecule has 0 N–H and O–H groups in total. The molecule has 0 amide bonds. The molecule has 0 aromatic heterocycles. The average molecular weight is 302 g/mol. The van der Waals surface area contributed by atoms with Crippen LogP contribution in [0, 0.1) is 24.0 Å². The lowest BCUT2D eigenvalue weighted by Crippen LogP contribution is -2.01. The zero-order valence-corrected chi connectivity index (χ0v) is 11.6. The molecule has 0 spiro atoms. The standard InChI is InChI=1S/C12H16BrNO3/c1-9-7-10(2)12(8-11(9)14(15)16)17-6-4-3-5-13/h7-8H,3-6H2,1-2H3. The number of hydrogen-bond donors (Lipinski definition) is 0. The molecule has 0 atom stereocenters. The van der Waals surface area contributed by atoms with Gasteiger partial charge in [-0.2, -0.15) is 0 Å². The minimum atomic E-state index is -0.375. The minimum Gasteiger partial charge on any atom is -0.493 e. The summed E-state index contributed by atoms with van der Waals surface area (Å²) in [6.07, 6.45) is 1.97. The highest BCUT2D eigenvalue weighted by Crippen LogP contribution is 2.28. The van der Waals surface area contributed by atoms with Gasteiger partial charge in [0.15, 0.2) is 0 Å². The second-order valence-electron chi connectivity index (χ2n) is 3.91. The van der Waals surface area contributed by atoms with E-state index in [2.05, 4.69) is 15.9 Å². The van der Waals surface area contributed by atoms with Gasteiger partial charge < -0.3 is 4.74 Å². The molecule has 0 saturated heterocycles. The Morgan fingerprint density at radius 3 is 2.59 bits per heavy atom. The van der Waals surface area contributed by atoms with Crippen LogP contribution in [-0.4, -0.2) is 16.9 Å². The molecule has 94 valence electrons. The fraction of sp³-hybridized carbons (Fsp3) is 0.500. The van der Waals surface area contributed by atoms with Crippen LogP contribution in [0.1, 0.15) is 24.0 Å². The summed E-state index contributed by atoms with van der Waals surface area (Å²) < 4.78 is 5.56. The van der Waals surface area contributed by atoms with Crippen LogP contribution in [0.2, 0.25) is 0 Å². The van der Waals surface area contributed by atoms with Crippen molar-refractivity contribution in [1.82, 2.24) is 0 Å². The number of ether oxygens (including phenoxy) is 1. The normalized spacial score (nSPS) is 10.3. The first-order chi connectivity index (χ1) is 8.06. The second-order valence-corrected chi connectivity index (χ2v) is 4.70. The summed E-state index contributed by atoms with van der Waals surface area (Å²) in [4.78, 5) is 10.4. The van der Waals surface area contributed by atoms with E-state index in [-0.39, 0.29) is 10.6 Å². The Morgan fingerprint density at radius 2 is 2.00 bits per heavy atom. The predicted molar refractivity (Wildman–Crippen MR) is 71.1 cm³/mol. The maximum Gasteiger partial charge on any atom is 0.276 e. The first kappa shape index (κ1) is 14.0. The molecule has 4 nitrogen and oxygen atoms in total. The molecule has 0 bridgehead atoms. The van der Waals surface area contributed by atoms with Crippen molar-refractivity contribution < 1.29 is 9.66 Å². The number of aryl methyl sites for hydroxylation is 2. The number of halogens is 1. The Hall–Kier alpha value is -1.10. The Labute approximate surface area is 109 Å². The van der Waals surface area contributed by atoms with E-state index in [1.54, 1.807) is 13.0 Å². The molecule has 1 rings (SSSR count). The first-order valence-corrected chi connectivity index (χ1v) is 6.62. The predicted octanol–water partition coefficient (Wildman–Crippen LogP) is 3.77. The third-order valence-corrected chi connectivity index (χ3v) is 3.04. The van der Waals surface area contributed by atoms with E-state index in [9.17, 15) is 10.1 Å². The Morgan fingerprint density at radius 1 is 1.29 bits per heavy atom. The van der Waals surface area contributed by atoms with E-state index < -0.39 is 0 Å². The van der Waals surface area contributed by atoms with Gasteiger partial charge in [0.2, 0.25) is 0 Å². The molecule has 0 heterocycles. The fourth-order valence-electron chi connectivity index (χ4n) is 1.55. The second kappa shape index (κ2) is 6.59. The highest BCUT2D eigenvalue weighted by atomic mass is 79.9. The van der Waals surface area contributed by atoms with Gasteiger partial charge in [-0.1, -0.05) is 15.9 Å². The lowest BCUT2D eigenvalue weighted by atomic mass is 10.1. The van der Waals surface area contributed by atoms with Crippen LogP contribution in [0.25, 0.3) is 0 Å². The largest absolute Gasteiger partial charge is 0.493 e. The van der Waals surface area contributed by atoms with Gasteiger partial charge in [-0.3, -0.25) is 10.1 Å². The summed E-state index contributed by atoms with van der Waals surface area (Å²) in [7, 11) is 0. The maximum atomic E-state index is 10.8. The third kappa shape index (κ3) is 4.00. The molecule has 1 aromatic carbocycles. The lowest BCUT2D eigenvalue weighted by Gasteiger charge is -2.09. The number of nitrogens with zero attached hydrogens (tertiary/aromatic N) is 1. The van der Waals surface area contributed by atoms with E-state index in [4.69, 9.17) is 4.74 Å². The van der Waals surface area contributed by atoms with Crippen LogP contribution < -0.4 is 4.74 Å². The van der Waals surface area contributed by atoms with Crippen LogP contribution in [0.5, 0.6) is 5.75 Å². The van der Waals surface area contributed by atoms with Crippen molar-refractivity contribution in [3.8, 4) is 5.75 Å². The van der Waals surface area contributed by atoms with Crippen molar-refractivity contribution in [2.75, 3.05) is 11.9 Å². The highest BCUT2D eigenvalue weighted by molar-refractivity contribution is 9.09. The number of rotatable bonds is 6. The quantitative estimate of drug-likeness (QED) is 0.348. The molecule has 1 aromatic rings. The van der Waals surface area contributed by atoms with E-state index in [1.165, 1.54) is 6.07 Å². The molecule has 17 heavy (non-hydrogen) atoms. The van der Waals surface area contributed by atoms with Crippen molar-refractivity contribution in [2.24, 2.45) is 0 Å². The SMILES string of the molecule is Cc1cc(C)c([N+](=O)[O-])cc1OCCCCBr. The van der Waals surface area contributed by atoms with Crippen LogP contribution in [0.15, 0.2) is 12.1 Å². The van der Waals surface area contributed by atoms with Gasteiger partial charge in [-0.25, -0.2) is 0 Å². The molecule has 0 unspecified atom stereocenters. The Kier molecular flexibility index (Phi) is 5.41. The van der Waals surface area contributed by atoms with Crippen LogP contribution in [0.3, 0.4) is 0 Å². The summed E-state index contributed by atoms with van der Waals surface area (Å²) in [5, 5.41) is 11.8. The topological polar surface area (TPSA) is 52.4 Å². The van der Waals surface area contributed by atoms with E-state index in [1.807, 2.05) is 6.92 Å². The van der Waals surface area contributed by atoms with Crippen molar-refractivity contribution in [3.63, 3.8) is 0 Å². The Balaban J connectivity index is 2.77. The van der Waals surface area contributed by atoms with E-state index >= 15 is 0 Å². The van der Waals surface area contributed by atoms with Crippen molar-refractivity contribution >= 4 is 21.6 Å². The minimum absolute atomic E-state index is 0.117. The molecule has 0 aliphatic carbocycles. The lowest BCUT2D eigenvalue weighted by molar-refractivity contribution is -0.385. The monoisotopic (exact) mass is 301 g/mol. The maximum absolute atomic E-state index is 10.8. The van der Waals surface area contributed by atoms with E-state index in [0.29, 0.717) is 17.9 Å². The zero-order valence-electron chi connectivity index (χ0n) is 10.0. The van der Waals surface area contributed by atoms with Gasteiger partial charge in [0.1, 0.15) is 5.75 Å². The molecular formula is C12H16BrNO3. The summed E-state index contributed by atoms with van der Waals surface area (Å²) in [6, 6.07) is 3.30. The first-order valence-electron chi connectivity index (χ1n) is 5.50. The summed E-state index contributed by atoms with van der Waals surface area (Å²) in [6.45, 7) is 4.23. The molecule has 5 heteroatoms. The summed E-state index contributed by atoms with van der Waals surface area (Å²) in [5.74, 6) is 0.608. The van der Waals surface area contributed by atoms with E-state index in [0.717, 1.165) is 23.7 Å². The van der Waals surface area contributed by atoms with Crippen molar-refractivity contribution in [3.05, 3.63) is 33.4 Å². The molecule has 0 fully saturated rings. The average Bonchev–Trinajstić information content (AvgIpc) is 2.26. The number of nitro benzene ring substituents is 1. The van der Waals surface area contributed by atoms with Gasteiger partial charge in [-0.15, -0.1) is 0 Å².